The zero-order valence-corrected chi connectivity index (χ0v) is 12.6. The first-order chi connectivity index (χ1) is 10.8. The van der Waals surface area contributed by atoms with Gasteiger partial charge in [0.05, 0.1) is 13.2 Å². The standard InChI is InChI=1S/C18H21FN2O/c19-17-6-4-15(5-7-17)13-20-18-3-1-2-16(12-18)14-21-8-10-22-11-9-21/h1-7,12,20H,8-11,13-14H2. The molecule has 116 valence electrons. The highest BCUT2D eigenvalue weighted by atomic mass is 19.1. The molecule has 1 aliphatic rings. The first-order valence-corrected chi connectivity index (χ1v) is 7.67. The van der Waals surface area contributed by atoms with E-state index in [4.69, 9.17) is 4.74 Å². The molecule has 0 bridgehead atoms. The van der Waals surface area contributed by atoms with Crippen molar-refractivity contribution < 1.29 is 9.13 Å². The largest absolute Gasteiger partial charge is 0.381 e. The Kier molecular flexibility index (Phi) is 5.03. The lowest BCUT2D eigenvalue weighted by molar-refractivity contribution is 0.0342. The molecule has 22 heavy (non-hydrogen) atoms. The van der Waals surface area contributed by atoms with Gasteiger partial charge in [0, 0.05) is 31.9 Å². The minimum Gasteiger partial charge on any atom is -0.381 e. The van der Waals surface area contributed by atoms with Crippen molar-refractivity contribution in [2.45, 2.75) is 13.1 Å². The third-order valence-corrected chi connectivity index (χ3v) is 3.85. The second-order valence-corrected chi connectivity index (χ2v) is 5.57. The molecule has 3 nitrogen and oxygen atoms in total. The smallest absolute Gasteiger partial charge is 0.123 e. The van der Waals surface area contributed by atoms with Crippen LogP contribution >= 0.6 is 0 Å². The van der Waals surface area contributed by atoms with E-state index in [0.29, 0.717) is 6.54 Å². The number of nitrogens with one attached hydrogen (secondary N) is 1. The summed E-state index contributed by atoms with van der Waals surface area (Å²) in [7, 11) is 0. The maximum absolute atomic E-state index is 12.9. The summed E-state index contributed by atoms with van der Waals surface area (Å²) in [6.45, 7) is 5.28. The summed E-state index contributed by atoms with van der Waals surface area (Å²) in [6.07, 6.45) is 0. The van der Waals surface area contributed by atoms with Gasteiger partial charge in [0.15, 0.2) is 0 Å². The van der Waals surface area contributed by atoms with Crippen LogP contribution in [0.1, 0.15) is 11.1 Å². The fourth-order valence-electron chi connectivity index (χ4n) is 2.60. The summed E-state index contributed by atoms with van der Waals surface area (Å²) in [5, 5.41) is 3.39. The topological polar surface area (TPSA) is 24.5 Å². The van der Waals surface area contributed by atoms with Crippen molar-refractivity contribution in [3.8, 4) is 0 Å². The molecule has 2 aromatic carbocycles. The van der Waals surface area contributed by atoms with E-state index in [1.165, 1.54) is 17.7 Å². The number of morpholine rings is 1. The monoisotopic (exact) mass is 300 g/mol. The maximum Gasteiger partial charge on any atom is 0.123 e. The average molecular weight is 300 g/mol. The van der Waals surface area contributed by atoms with Crippen molar-refractivity contribution in [1.82, 2.24) is 4.90 Å². The molecule has 1 fully saturated rings. The summed E-state index contributed by atoms with van der Waals surface area (Å²) >= 11 is 0. The molecular formula is C18H21FN2O. The van der Waals surface area contributed by atoms with Crippen molar-refractivity contribution in [3.05, 3.63) is 65.5 Å². The van der Waals surface area contributed by atoms with Crippen LogP contribution in [-0.2, 0) is 17.8 Å². The number of hydrogen-bond donors (Lipinski definition) is 1. The molecule has 1 N–H and O–H groups in total. The van der Waals surface area contributed by atoms with E-state index in [-0.39, 0.29) is 5.82 Å². The molecule has 0 unspecified atom stereocenters. The fourth-order valence-corrected chi connectivity index (χ4v) is 2.60. The molecule has 0 saturated carbocycles. The minimum atomic E-state index is -0.198. The van der Waals surface area contributed by atoms with Gasteiger partial charge in [-0.3, -0.25) is 4.90 Å². The lowest BCUT2D eigenvalue weighted by Gasteiger charge is -2.26. The van der Waals surface area contributed by atoms with Gasteiger partial charge in [-0.1, -0.05) is 24.3 Å². The Hall–Kier alpha value is -1.91. The first kappa shape index (κ1) is 15.0. The van der Waals surface area contributed by atoms with Crippen LogP contribution in [0.25, 0.3) is 0 Å². The molecule has 0 aliphatic carbocycles. The molecule has 0 amide bonds. The van der Waals surface area contributed by atoms with E-state index < -0.39 is 0 Å². The highest BCUT2D eigenvalue weighted by molar-refractivity contribution is 5.46. The van der Waals surface area contributed by atoms with E-state index in [9.17, 15) is 4.39 Å². The highest BCUT2D eigenvalue weighted by Crippen LogP contribution is 2.15. The predicted molar refractivity (Wildman–Crippen MR) is 86.3 cm³/mol. The third kappa shape index (κ3) is 4.29. The van der Waals surface area contributed by atoms with Crippen LogP contribution in [0.5, 0.6) is 0 Å². The summed E-state index contributed by atoms with van der Waals surface area (Å²) in [6, 6.07) is 15.1. The molecule has 1 heterocycles. The Bertz CT molecular complexity index is 594. The predicted octanol–water partition coefficient (Wildman–Crippen LogP) is 3.27. The van der Waals surface area contributed by atoms with Crippen molar-refractivity contribution in [1.29, 1.82) is 0 Å². The van der Waals surface area contributed by atoms with Crippen LogP contribution in [0.4, 0.5) is 10.1 Å². The van der Waals surface area contributed by atoms with Crippen LogP contribution in [0.3, 0.4) is 0 Å². The van der Waals surface area contributed by atoms with Crippen LogP contribution in [-0.4, -0.2) is 31.2 Å². The van der Waals surface area contributed by atoms with Crippen molar-refractivity contribution in [3.63, 3.8) is 0 Å². The molecule has 1 saturated heterocycles. The Morgan fingerprint density at radius 3 is 2.55 bits per heavy atom. The van der Waals surface area contributed by atoms with Gasteiger partial charge in [-0.2, -0.15) is 0 Å². The van der Waals surface area contributed by atoms with Crippen LogP contribution < -0.4 is 5.32 Å². The Balaban J connectivity index is 1.57. The minimum absolute atomic E-state index is 0.198. The first-order valence-electron chi connectivity index (χ1n) is 7.67. The van der Waals surface area contributed by atoms with Crippen LogP contribution in [0, 0.1) is 5.82 Å². The maximum atomic E-state index is 12.9. The second kappa shape index (κ2) is 7.38. The van der Waals surface area contributed by atoms with Crippen molar-refractivity contribution in [2.24, 2.45) is 0 Å². The van der Waals surface area contributed by atoms with Crippen molar-refractivity contribution in [2.75, 3.05) is 31.6 Å². The molecule has 1 aliphatic heterocycles. The zero-order chi connectivity index (χ0) is 15.2. The van der Waals surface area contributed by atoms with Gasteiger partial charge in [0.2, 0.25) is 0 Å². The average Bonchev–Trinajstić information content (AvgIpc) is 2.56. The van der Waals surface area contributed by atoms with E-state index in [1.54, 1.807) is 12.1 Å². The van der Waals surface area contributed by atoms with Gasteiger partial charge in [-0.15, -0.1) is 0 Å². The molecule has 0 spiro atoms. The molecule has 4 heteroatoms. The number of halogens is 1. The van der Waals surface area contributed by atoms with Gasteiger partial charge in [-0.25, -0.2) is 4.39 Å². The second-order valence-electron chi connectivity index (χ2n) is 5.57. The zero-order valence-electron chi connectivity index (χ0n) is 12.6. The summed E-state index contributed by atoms with van der Waals surface area (Å²) in [5.41, 5.74) is 3.46. The van der Waals surface area contributed by atoms with Crippen LogP contribution in [0.2, 0.25) is 0 Å². The summed E-state index contributed by atoms with van der Waals surface area (Å²) < 4.78 is 18.3. The van der Waals surface area contributed by atoms with Crippen LogP contribution in [0.15, 0.2) is 48.5 Å². The van der Waals surface area contributed by atoms with Gasteiger partial charge >= 0.3 is 0 Å². The number of ether oxygens (including phenoxy) is 1. The third-order valence-electron chi connectivity index (χ3n) is 3.85. The van der Waals surface area contributed by atoms with Gasteiger partial charge in [-0.05, 0) is 35.4 Å². The Morgan fingerprint density at radius 1 is 1.00 bits per heavy atom. The number of hydrogen-bond acceptors (Lipinski definition) is 3. The highest BCUT2D eigenvalue weighted by Gasteiger charge is 2.10. The lowest BCUT2D eigenvalue weighted by Crippen LogP contribution is -2.35. The number of nitrogens with zero attached hydrogens (tertiary/aromatic N) is 1. The molecule has 3 rings (SSSR count). The van der Waals surface area contributed by atoms with E-state index in [0.717, 1.165) is 44.1 Å². The Morgan fingerprint density at radius 2 is 1.77 bits per heavy atom. The summed E-state index contributed by atoms with van der Waals surface area (Å²) in [4.78, 5) is 2.41. The van der Waals surface area contributed by atoms with E-state index >= 15 is 0 Å². The molecule has 0 radical (unpaired) electrons. The number of anilines is 1. The van der Waals surface area contributed by atoms with Crippen molar-refractivity contribution >= 4 is 5.69 Å². The molecule has 0 aromatic heterocycles. The van der Waals surface area contributed by atoms with E-state index in [2.05, 4.69) is 34.5 Å². The van der Waals surface area contributed by atoms with Gasteiger partial charge < -0.3 is 10.1 Å². The molecular weight excluding hydrogens is 279 g/mol. The SMILES string of the molecule is Fc1ccc(CNc2cccc(CN3CCOCC3)c2)cc1. The lowest BCUT2D eigenvalue weighted by atomic mass is 10.1. The van der Waals surface area contributed by atoms with E-state index in [1.807, 2.05) is 0 Å². The fraction of sp³-hybridized carbons (Fsp3) is 0.333. The molecule has 0 atom stereocenters. The quantitative estimate of drug-likeness (QED) is 0.917. The van der Waals surface area contributed by atoms with Gasteiger partial charge in [0.25, 0.3) is 0 Å². The Labute approximate surface area is 130 Å². The number of benzene rings is 2. The number of rotatable bonds is 5. The normalized spacial score (nSPS) is 15.7. The summed E-state index contributed by atoms with van der Waals surface area (Å²) in [5.74, 6) is -0.198. The molecule has 2 aromatic rings. The van der Waals surface area contributed by atoms with Gasteiger partial charge in [0.1, 0.15) is 5.82 Å².